The maximum atomic E-state index is 14.4. The van der Waals surface area contributed by atoms with E-state index in [9.17, 15) is 38.4 Å². The first kappa shape index (κ1) is 21.7. The Hall–Kier alpha value is -3.57. The van der Waals surface area contributed by atoms with Crippen molar-refractivity contribution in [2.45, 2.75) is 12.1 Å². The highest BCUT2D eigenvalue weighted by Crippen LogP contribution is 2.39. The average molecular weight is 444 g/mol. The maximum absolute atomic E-state index is 14.4. The van der Waals surface area contributed by atoms with Gasteiger partial charge in [0.15, 0.2) is 0 Å². The number of alkyl halides is 2. The molecule has 0 fully saturated rings. The third kappa shape index (κ3) is 3.76. The molecular weight excluding hydrogens is 429 g/mol. The molecule has 0 aliphatic heterocycles. The van der Waals surface area contributed by atoms with Crippen LogP contribution in [-0.2, 0) is 12.1 Å². The number of benzene rings is 3. The van der Waals surface area contributed by atoms with Gasteiger partial charge in [0.25, 0.3) is 5.56 Å². The SMILES string of the molecule is O=c1c2ccccc2c(-c2cccc(C(O)(O)F)c2C(O)(O)F)nn1-c1ccc(F)cc1. The van der Waals surface area contributed by atoms with E-state index >= 15 is 0 Å². The van der Waals surface area contributed by atoms with Gasteiger partial charge >= 0.3 is 12.1 Å². The number of aromatic nitrogens is 2. The van der Waals surface area contributed by atoms with Gasteiger partial charge in [0, 0.05) is 10.9 Å². The van der Waals surface area contributed by atoms with E-state index < -0.39 is 40.1 Å². The monoisotopic (exact) mass is 444 g/mol. The first-order valence-electron chi connectivity index (χ1n) is 9.18. The van der Waals surface area contributed by atoms with Crippen LogP contribution in [0.3, 0.4) is 0 Å². The summed E-state index contributed by atoms with van der Waals surface area (Å²) in [4.78, 5) is 13.0. The summed E-state index contributed by atoms with van der Waals surface area (Å²) in [6, 6.07) is 5.37. The predicted molar refractivity (Wildman–Crippen MR) is 107 cm³/mol. The molecular formula is C22H15F3N2O5. The molecule has 10 heteroatoms. The molecule has 7 nitrogen and oxygen atoms in total. The Bertz CT molecular complexity index is 1370. The van der Waals surface area contributed by atoms with Gasteiger partial charge in [0.1, 0.15) is 5.82 Å². The van der Waals surface area contributed by atoms with Gasteiger partial charge in [0.2, 0.25) is 0 Å². The summed E-state index contributed by atoms with van der Waals surface area (Å²) in [5.41, 5.74) is -3.48. The quantitative estimate of drug-likeness (QED) is 0.359. The van der Waals surface area contributed by atoms with Crippen LogP contribution in [0, 0.1) is 5.82 Å². The Kier molecular flexibility index (Phi) is 5.10. The molecule has 4 rings (SSSR count). The Balaban J connectivity index is 2.14. The van der Waals surface area contributed by atoms with Crippen LogP contribution in [0.2, 0.25) is 0 Å². The van der Waals surface area contributed by atoms with Crippen molar-refractivity contribution in [1.82, 2.24) is 9.78 Å². The number of halogens is 3. The maximum Gasteiger partial charge on any atom is 0.345 e. The number of aliphatic hydroxyl groups is 4. The molecule has 0 aliphatic rings. The molecule has 3 aromatic carbocycles. The van der Waals surface area contributed by atoms with Gasteiger partial charge in [-0.3, -0.25) is 4.79 Å². The molecule has 0 radical (unpaired) electrons. The van der Waals surface area contributed by atoms with Crippen LogP contribution in [-0.4, -0.2) is 30.2 Å². The van der Waals surface area contributed by atoms with E-state index in [2.05, 4.69) is 5.10 Å². The zero-order chi connectivity index (χ0) is 23.3. The largest absolute Gasteiger partial charge is 0.345 e. The van der Waals surface area contributed by atoms with Crippen molar-refractivity contribution >= 4 is 10.8 Å². The van der Waals surface area contributed by atoms with E-state index in [1.54, 1.807) is 6.07 Å². The van der Waals surface area contributed by atoms with E-state index in [-0.39, 0.29) is 22.2 Å². The van der Waals surface area contributed by atoms with Gasteiger partial charge in [-0.2, -0.15) is 18.6 Å². The van der Waals surface area contributed by atoms with E-state index in [1.807, 2.05) is 0 Å². The predicted octanol–water partition coefficient (Wildman–Crippen LogP) is 2.32. The molecule has 0 saturated carbocycles. The third-order valence-corrected chi connectivity index (χ3v) is 4.86. The van der Waals surface area contributed by atoms with Gasteiger partial charge < -0.3 is 20.4 Å². The molecule has 0 aliphatic carbocycles. The van der Waals surface area contributed by atoms with Gasteiger partial charge in [0.05, 0.1) is 27.9 Å². The molecule has 4 N–H and O–H groups in total. The molecule has 1 aromatic heterocycles. The molecule has 0 atom stereocenters. The number of hydrogen-bond acceptors (Lipinski definition) is 6. The zero-order valence-electron chi connectivity index (χ0n) is 16.1. The fourth-order valence-corrected chi connectivity index (χ4v) is 3.50. The van der Waals surface area contributed by atoms with E-state index in [1.165, 1.54) is 30.3 Å². The minimum absolute atomic E-state index is 0.0815. The fourth-order valence-electron chi connectivity index (χ4n) is 3.50. The lowest BCUT2D eigenvalue weighted by Crippen LogP contribution is -2.29. The third-order valence-electron chi connectivity index (χ3n) is 4.86. The number of fused-ring (bicyclic) bond motifs is 1. The summed E-state index contributed by atoms with van der Waals surface area (Å²) in [7, 11) is 0. The summed E-state index contributed by atoms with van der Waals surface area (Å²) in [5.74, 6) is -0.564. The van der Waals surface area contributed by atoms with Crippen molar-refractivity contribution in [1.29, 1.82) is 0 Å². The van der Waals surface area contributed by atoms with Crippen molar-refractivity contribution in [3.05, 3.63) is 94.0 Å². The lowest BCUT2D eigenvalue weighted by molar-refractivity contribution is -0.290. The van der Waals surface area contributed by atoms with Gasteiger partial charge in [-0.05, 0) is 30.3 Å². The van der Waals surface area contributed by atoms with E-state index in [0.717, 1.165) is 35.0 Å². The van der Waals surface area contributed by atoms with Crippen molar-refractivity contribution in [2.75, 3.05) is 0 Å². The zero-order valence-corrected chi connectivity index (χ0v) is 16.1. The second kappa shape index (κ2) is 7.53. The average Bonchev–Trinajstić information content (AvgIpc) is 2.73. The van der Waals surface area contributed by atoms with Crippen LogP contribution >= 0.6 is 0 Å². The number of nitrogens with zero attached hydrogens (tertiary/aromatic N) is 2. The molecule has 0 saturated heterocycles. The lowest BCUT2D eigenvalue weighted by Gasteiger charge is -2.24. The van der Waals surface area contributed by atoms with Crippen molar-refractivity contribution < 1.29 is 33.6 Å². The second-order valence-electron chi connectivity index (χ2n) is 6.99. The summed E-state index contributed by atoms with van der Waals surface area (Å²) in [5, 5.41) is 42.6. The Labute approximate surface area is 177 Å². The first-order valence-corrected chi connectivity index (χ1v) is 9.18. The highest BCUT2D eigenvalue weighted by molar-refractivity contribution is 5.95. The molecule has 164 valence electrons. The molecule has 0 unspecified atom stereocenters. The van der Waals surface area contributed by atoms with E-state index in [0.29, 0.717) is 0 Å². The Morgan fingerprint density at radius 2 is 1.41 bits per heavy atom. The van der Waals surface area contributed by atoms with Gasteiger partial charge in [-0.25, -0.2) is 4.39 Å². The normalized spacial score (nSPS) is 12.3. The fraction of sp³-hybridized carbons (Fsp3) is 0.0909. The molecule has 4 aromatic rings. The summed E-state index contributed by atoms with van der Waals surface area (Å²) in [6.45, 7) is 0. The molecule has 1 heterocycles. The minimum atomic E-state index is -4.20. The number of hydrogen-bond donors (Lipinski definition) is 4. The summed E-state index contributed by atoms with van der Waals surface area (Å²) in [6.07, 6.45) is 0. The lowest BCUT2D eigenvalue weighted by atomic mass is 9.94. The van der Waals surface area contributed by atoms with Crippen LogP contribution in [0.15, 0.2) is 71.5 Å². The van der Waals surface area contributed by atoms with Crippen molar-refractivity contribution in [3.63, 3.8) is 0 Å². The van der Waals surface area contributed by atoms with Crippen molar-refractivity contribution in [2.24, 2.45) is 0 Å². The molecule has 0 amide bonds. The topological polar surface area (TPSA) is 116 Å². The van der Waals surface area contributed by atoms with E-state index in [4.69, 9.17) is 0 Å². The minimum Gasteiger partial charge on any atom is -0.336 e. The van der Waals surface area contributed by atoms with Crippen LogP contribution in [0.5, 0.6) is 0 Å². The van der Waals surface area contributed by atoms with Crippen molar-refractivity contribution in [3.8, 4) is 16.9 Å². The van der Waals surface area contributed by atoms with Crippen LogP contribution in [0.25, 0.3) is 27.7 Å². The molecule has 0 bridgehead atoms. The standard InChI is InChI=1S/C22H15F3N2O5/c23-12-8-10-13(11-9-12)27-20(28)15-5-2-1-4-14(15)19(26-27)16-6-3-7-17(21(24,29)30)18(16)22(25,31)32/h1-11,29-32H. The van der Waals surface area contributed by atoms with Crippen LogP contribution in [0.4, 0.5) is 13.2 Å². The molecule has 0 spiro atoms. The highest BCUT2D eigenvalue weighted by atomic mass is 19.2. The summed E-state index contributed by atoms with van der Waals surface area (Å²) >= 11 is 0. The molecule has 32 heavy (non-hydrogen) atoms. The Morgan fingerprint density at radius 3 is 2.00 bits per heavy atom. The van der Waals surface area contributed by atoms with Crippen LogP contribution < -0.4 is 5.56 Å². The smallest absolute Gasteiger partial charge is 0.336 e. The van der Waals surface area contributed by atoms with Gasteiger partial charge in [-0.1, -0.05) is 36.4 Å². The van der Waals surface area contributed by atoms with Gasteiger partial charge in [-0.15, -0.1) is 0 Å². The van der Waals surface area contributed by atoms with Crippen LogP contribution in [0.1, 0.15) is 11.1 Å². The Morgan fingerprint density at radius 1 is 0.781 bits per heavy atom. The highest BCUT2D eigenvalue weighted by Gasteiger charge is 2.40. The summed E-state index contributed by atoms with van der Waals surface area (Å²) < 4.78 is 42.6. The second-order valence-corrected chi connectivity index (χ2v) is 6.99. The number of rotatable bonds is 4. The first-order chi connectivity index (χ1) is 15.0.